The van der Waals surface area contributed by atoms with Crippen LogP contribution in [-0.4, -0.2) is 41.3 Å². The number of hydrogen-bond donors (Lipinski definition) is 1. The summed E-state index contributed by atoms with van der Waals surface area (Å²) in [5.41, 5.74) is -0.0426. The molecule has 1 amide bonds. The van der Waals surface area contributed by atoms with Crippen molar-refractivity contribution >= 4 is 12.1 Å². The molecule has 0 aliphatic carbocycles. The quantitative estimate of drug-likeness (QED) is 0.854. The number of ether oxygens (including phenoxy) is 1. The van der Waals surface area contributed by atoms with Crippen LogP contribution in [0.3, 0.4) is 0 Å². The van der Waals surface area contributed by atoms with E-state index in [4.69, 9.17) is 4.74 Å². The fourth-order valence-electron chi connectivity index (χ4n) is 2.58. The van der Waals surface area contributed by atoms with Gasteiger partial charge in [-0.1, -0.05) is 19.1 Å². The molecule has 0 aliphatic rings. The predicted molar refractivity (Wildman–Crippen MR) is 89.4 cm³/mol. The first-order chi connectivity index (χ1) is 11.0. The van der Waals surface area contributed by atoms with Crippen LogP contribution in [0.5, 0.6) is 0 Å². The van der Waals surface area contributed by atoms with Gasteiger partial charge in [0.25, 0.3) is 0 Å². The lowest BCUT2D eigenvalue weighted by Crippen LogP contribution is -2.40. The molecule has 0 aliphatic heterocycles. The minimum Gasteiger partial charge on any atom is -0.481 e. The largest absolute Gasteiger partial charge is 0.481 e. The van der Waals surface area contributed by atoms with Crippen LogP contribution in [0.2, 0.25) is 0 Å². The van der Waals surface area contributed by atoms with Gasteiger partial charge in [0.2, 0.25) is 0 Å². The van der Waals surface area contributed by atoms with E-state index in [0.29, 0.717) is 12.0 Å². The molecule has 2 atom stereocenters. The van der Waals surface area contributed by atoms with Gasteiger partial charge < -0.3 is 14.7 Å². The van der Waals surface area contributed by atoms with E-state index in [-0.39, 0.29) is 6.54 Å². The lowest BCUT2D eigenvalue weighted by atomic mass is 9.83. The van der Waals surface area contributed by atoms with Crippen LogP contribution in [0.1, 0.15) is 45.6 Å². The summed E-state index contributed by atoms with van der Waals surface area (Å²) in [5, 5.41) is 9.60. The molecule has 0 saturated carbocycles. The van der Waals surface area contributed by atoms with Crippen molar-refractivity contribution in [1.29, 1.82) is 0 Å². The van der Waals surface area contributed by atoms with Gasteiger partial charge in [0.1, 0.15) is 11.4 Å². The third kappa shape index (κ3) is 5.83. The maximum Gasteiger partial charge on any atom is 0.410 e. The fraction of sp³-hybridized carbons (Fsp3) is 0.556. The highest BCUT2D eigenvalue weighted by molar-refractivity contribution is 5.73. The zero-order valence-corrected chi connectivity index (χ0v) is 14.9. The minimum atomic E-state index is -1.03. The normalized spacial score (nSPS) is 13.9. The van der Waals surface area contributed by atoms with Crippen LogP contribution in [-0.2, 0) is 9.53 Å². The molecule has 1 rings (SSSR count). The minimum absolute atomic E-state index is 0.0146. The van der Waals surface area contributed by atoms with Crippen LogP contribution in [0.15, 0.2) is 24.3 Å². The molecular weight excluding hydrogens is 313 g/mol. The van der Waals surface area contributed by atoms with Gasteiger partial charge in [0.05, 0.1) is 5.92 Å². The number of carboxylic acids is 1. The van der Waals surface area contributed by atoms with Crippen molar-refractivity contribution in [2.75, 3.05) is 13.6 Å². The smallest absolute Gasteiger partial charge is 0.410 e. The number of halogens is 1. The summed E-state index contributed by atoms with van der Waals surface area (Å²) < 4.78 is 18.7. The molecule has 6 heteroatoms. The SMILES string of the molecule is CCC(c1cccc(F)c1)C(CN(C)C(=O)OC(C)(C)C)C(=O)O. The number of rotatable bonds is 6. The number of aliphatic carboxylic acids is 1. The maximum atomic E-state index is 13.5. The summed E-state index contributed by atoms with van der Waals surface area (Å²) in [4.78, 5) is 25.1. The van der Waals surface area contributed by atoms with Gasteiger partial charge in [-0.25, -0.2) is 9.18 Å². The van der Waals surface area contributed by atoms with Crippen molar-refractivity contribution in [1.82, 2.24) is 4.90 Å². The standard InChI is InChI=1S/C18H26FNO4/c1-6-14(12-8-7-9-13(19)10-12)15(16(21)22)11-20(5)17(23)24-18(2,3)4/h7-10,14-15H,6,11H2,1-5H3,(H,21,22). The topological polar surface area (TPSA) is 66.8 Å². The van der Waals surface area contributed by atoms with Crippen molar-refractivity contribution in [3.8, 4) is 0 Å². The Kier molecular flexibility index (Phi) is 6.75. The van der Waals surface area contributed by atoms with Gasteiger partial charge in [-0.3, -0.25) is 4.79 Å². The van der Waals surface area contributed by atoms with E-state index < -0.39 is 35.3 Å². The predicted octanol–water partition coefficient (Wildman–Crippen LogP) is 3.89. The summed E-state index contributed by atoms with van der Waals surface area (Å²) in [5.74, 6) is -2.69. The summed E-state index contributed by atoms with van der Waals surface area (Å²) >= 11 is 0. The van der Waals surface area contributed by atoms with Gasteiger partial charge in [-0.15, -0.1) is 0 Å². The molecule has 1 aromatic rings. The van der Waals surface area contributed by atoms with Crippen molar-refractivity contribution in [3.05, 3.63) is 35.6 Å². The monoisotopic (exact) mass is 339 g/mol. The molecule has 0 aromatic heterocycles. The second-order valence-electron chi connectivity index (χ2n) is 6.88. The highest BCUT2D eigenvalue weighted by Crippen LogP contribution is 2.30. The Labute approximate surface area is 142 Å². The van der Waals surface area contributed by atoms with Crippen LogP contribution in [0, 0.1) is 11.7 Å². The van der Waals surface area contributed by atoms with E-state index in [1.54, 1.807) is 32.9 Å². The van der Waals surface area contributed by atoms with E-state index in [1.807, 2.05) is 6.92 Å². The molecule has 0 heterocycles. The summed E-state index contributed by atoms with van der Waals surface area (Å²) in [6.45, 7) is 7.07. The molecule has 1 N–H and O–H groups in total. The zero-order chi connectivity index (χ0) is 18.5. The summed E-state index contributed by atoms with van der Waals surface area (Å²) in [7, 11) is 1.50. The average molecular weight is 339 g/mol. The van der Waals surface area contributed by atoms with Crippen LogP contribution < -0.4 is 0 Å². The Morgan fingerprint density at radius 1 is 1.33 bits per heavy atom. The molecule has 2 unspecified atom stereocenters. The van der Waals surface area contributed by atoms with Gasteiger partial charge in [0.15, 0.2) is 0 Å². The van der Waals surface area contributed by atoms with E-state index >= 15 is 0 Å². The Hall–Kier alpha value is -2.11. The van der Waals surface area contributed by atoms with Crippen LogP contribution >= 0.6 is 0 Å². The van der Waals surface area contributed by atoms with E-state index in [0.717, 1.165) is 0 Å². The molecule has 5 nitrogen and oxygen atoms in total. The molecular formula is C18H26FNO4. The lowest BCUT2D eigenvalue weighted by molar-refractivity contribution is -0.143. The molecule has 0 spiro atoms. The van der Waals surface area contributed by atoms with Gasteiger partial charge in [-0.05, 0) is 50.8 Å². The highest BCUT2D eigenvalue weighted by Gasteiger charge is 2.32. The average Bonchev–Trinajstić information content (AvgIpc) is 2.44. The third-order valence-electron chi connectivity index (χ3n) is 3.70. The van der Waals surface area contributed by atoms with Crippen molar-refractivity contribution in [2.24, 2.45) is 5.92 Å². The Morgan fingerprint density at radius 3 is 2.42 bits per heavy atom. The summed E-state index contributed by atoms with van der Waals surface area (Å²) in [6.07, 6.45) is -0.0643. The van der Waals surface area contributed by atoms with Crippen molar-refractivity contribution in [3.63, 3.8) is 0 Å². The second-order valence-corrected chi connectivity index (χ2v) is 6.88. The van der Waals surface area contributed by atoms with E-state index in [2.05, 4.69) is 0 Å². The lowest BCUT2D eigenvalue weighted by Gasteiger charge is -2.29. The van der Waals surface area contributed by atoms with Crippen molar-refractivity contribution < 1.29 is 23.8 Å². The Balaban J connectivity index is 2.96. The number of carbonyl (C=O) groups is 2. The highest BCUT2D eigenvalue weighted by atomic mass is 19.1. The number of amides is 1. The zero-order valence-electron chi connectivity index (χ0n) is 14.9. The number of carboxylic acid groups (broad SMARTS) is 1. The first kappa shape index (κ1) is 19.9. The molecule has 1 aromatic carbocycles. The van der Waals surface area contributed by atoms with Gasteiger partial charge in [0, 0.05) is 13.6 Å². The number of hydrogen-bond acceptors (Lipinski definition) is 3. The molecule has 134 valence electrons. The Morgan fingerprint density at radius 2 is 1.96 bits per heavy atom. The Bertz CT molecular complexity index is 583. The molecule has 0 radical (unpaired) electrons. The fourth-order valence-corrected chi connectivity index (χ4v) is 2.58. The maximum absolute atomic E-state index is 13.5. The number of benzene rings is 1. The van der Waals surface area contributed by atoms with E-state index in [1.165, 1.54) is 24.1 Å². The van der Waals surface area contributed by atoms with Crippen molar-refractivity contribution in [2.45, 2.75) is 45.6 Å². The first-order valence-corrected chi connectivity index (χ1v) is 7.97. The molecule has 0 bridgehead atoms. The van der Waals surface area contributed by atoms with Gasteiger partial charge >= 0.3 is 12.1 Å². The first-order valence-electron chi connectivity index (χ1n) is 7.97. The number of carbonyl (C=O) groups excluding carboxylic acids is 1. The second kappa shape index (κ2) is 8.13. The van der Waals surface area contributed by atoms with Crippen LogP contribution in [0.4, 0.5) is 9.18 Å². The molecule has 0 fully saturated rings. The number of nitrogens with zero attached hydrogens (tertiary/aromatic N) is 1. The van der Waals surface area contributed by atoms with Crippen LogP contribution in [0.25, 0.3) is 0 Å². The van der Waals surface area contributed by atoms with Gasteiger partial charge in [-0.2, -0.15) is 0 Å². The molecule has 0 saturated heterocycles. The van der Waals surface area contributed by atoms with E-state index in [9.17, 15) is 19.1 Å². The summed E-state index contributed by atoms with van der Waals surface area (Å²) in [6, 6.07) is 5.93. The third-order valence-corrected chi connectivity index (χ3v) is 3.70. The molecule has 24 heavy (non-hydrogen) atoms.